The lowest BCUT2D eigenvalue weighted by atomic mass is 10.0. The Morgan fingerprint density at radius 2 is 1.71 bits per heavy atom. The van der Waals surface area contributed by atoms with Crippen molar-refractivity contribution in [1.29, 1.82) is 0 Å². The maximum Gasteiger partial charge on any atom is 0.411 e. The molecule has 0 radical (unpaired) electrons. The third-order valence-electron chi connectivity index (χ3n) is 2.72. The third-order valence-corrected chi connectivity index (χ3v) is 2.72. The molecular weight excluding hydrogens is 289 g/mol. The molecular formula is C13H17F3N2O3. The van der Waals surface area contributed by atoms with Gasteiger partial charge in [-0.1, -0.05) is 13.8 Å². The summed E-state index contributed by atoms with van der Waals surface area (Å²) in [6.07, 6.45) is -3.64. The number of halogens is 3. The molecule has 1 heterocycles. The van der Waals surface area contributed by atoms with Gasteiger partial charge in [-0.15, -0.1) is 0 Å². The van der Waals surface area contributed by atoms with Gasteiger partial charge in [-0.2, -0.15) is 13.2 Å². The molecule has 1 aromatic heterocycles. The maximum absolute atomic E-state index is 12.0. The van der Waals surface area contributed by atoms with Crippen molar-refractivity contribution >= 4 is 5.97 Å². The Labute approximate surface area is 120 Å². The normalized spacial score (nSPS) is 11.7. The van der Waals surface area contributed by atoms with Gasteiger partial charge < -0.3 is 9.84 Å². The summed E-state index contributed by atoms with van der Waals surface area (Å²) in [6, 6.07) is 0. The summed E-state index contributed by atoms with van der Waals surface area (Å²) in [4.78, 5) is 19.1. The molecule has 0 saturated carbocycles. The molecule has 0 unspecified atom stereocenters. The minimum absolute atomic E-state index is 0.141. The van der Waals surface area contributed by atoms with Crippen molar-refractivity contribution in [2.24, 2.45) is 0 Å². The van der Waals surface area contributed by atoms with Crippen LogP contribution in [0.2, 0.25) is 0 Å². The molecule has 118 valence electrons. The molecule has 8 heteroatoms. The first-order valence-corrected chi connectivity index (χ1v) is 6.50. The number of aryl methyl sites for hydroxylation is 2. The molecule has 1 N–H and O–H groups in total. The van der Waals surface area contributed by atoms with Crippen LogP contribution in [0.25, 0.3) is 0 Å². The second-order valence-electron chi connectivity index (χ2n) is 4.40. The van der Waals surface area contributed by atoms with Gasteiger partial charge in [-0.05, 0) is 12.8 Å². The average molecular weight is 306 g/mol. The molecule has 0 bridgehead atoms. The largest absolute Gasteiger partial charge is 0.481 e. The van der Waals surface area contributed by atoms with Gasteiger partial charge in [0.25, 0.3) is 0 Å². The van der Waals surface area contributed by atoms with Gasteiger partial charge in [0, 0.05) is 17.0 Å². The topological polar surface area (TPSA) is 72.3 Å². The number of carboxylic acids is 1. The summed E-state index contributed by atoms with van der Waals surface area (Å²) in [5.41, 5.74) is 1.61. The van der Waals surface area contributed by atoms with Gasteiger partial charge in [0.2, 0.25) is 0 Å². The molecule has 0 saturated heterocycles. The second-order valence-corrected chi connectivity index (χ2v) is 4.40. The Bertz CT molecular complexity index is 479. The van der Waals surface area contributed by atoms with Crippen LogP contribution in [0.5, 0.6) is 0 Å². The highest BCUT2D eigenvalue weighted by atomic mass is 19.4. The van der Waals surface area contributed by atoms with Crippen molar-refractivity contribution in [1.82, 2.24) is 9.97 Å². The van der Waals surface area contributed by atoms with Crippen LogP contribution in [0, 0.1) is 0 Å². The summed E-state index contributed by atoms with van der Waals surface area (Å²) in [5, 5.41) is 8.90. The number of aromatic nitrogens is 2. The van der Waals surface area contributed by atoms with Crippen molar-refractivity contribution in [3.63, 3.8) is 0 Å². The summed E-state index contributed by atoms with van der Waals surface area (Å²) in [7, 11) is 0. The number of alkyl halides is 3. The van der Waals surface area contributed by atoms with Crippen LogP contribution in [0.15, 0.2) is 0 Å². The highest BCUT2D eigenvalue weighted by Crippen LogP contribution is 2.17. The van der Waals surface area contributed by atoms with Gasteiger partial charge in [-0.25, -0.2) is 9.97 Å². The van der Waals surface area contributed by atoms with Crippen molar-refractivity contribution in [3.05, 3.63) is 22.8 Å². The van der Waals surface area contributed by atoms with E-state index in [2.05, 4.69) is 14.7 Å². The number of nitrogens with zero attached hydrogens (tertiary/aromatic N) is 2. The van der Waals surface area contributed by atoms with Crippen LogP contribution >= 0.6 is 0 Å². The Morgan fingerprint density at radius 3 is 2.10 bits per heavy atom. The monoisotopic (exact) mass is 306 g/mol. The molecule has 0 spiro atoms. The first-order chi connectivity index (χ1) is 9.76. The van der Waals surface area contributed by atoms with Crippen LogP contribution in [0.3, 0.4) is 0 Å². The van der Waals surface area contributed by atoms with Crippen LogP contribution in [0.1, 0.15) is 36.6 Å². The fourth-order valence-electron chi connectivity index (χ4n) is 1.90. The molecule has 0 aliphatic heterocycles. The van der Waals surface area contributed by atoms with Crippen LogP contribution < -0.4 is 0 Å². The van der Waals surface area contributed by atoms with E-state index in [0.717, 1.165) is 0 Å². The number of rotatable bonds is 7. The van der Waals surface area contributed by atoms with Crippen molar-refractivity contribution < 1.29 is 27.8 Å². The maximum atomic E-state index is 12.0. The Hall–Kier alpha value is -1.70. The lowest BCUT2D eigenvalue weighted by Gasteiger charge is -2.13. The van der Waals surface area contributed by atoms with Crippen molar-refractivity contribution in [3.8, 4) is 0 Å². The lowest BCUT2D eigenvalue weighted by molar-refractivity contribution is -0.177. The average Bonchev–Trinajstić information content (AvgIpc) is 2.37. The molecule has 0 atom stereocenters. The fourth-order valence-corrected chi connectivity index (χ4v) is 1.90. The number of ether oxygens (including phenoxy) is 1. The molecule has 1 rings (SSSR count). The first kappa shape index (κ1) is 17.4. The SMILES string of the molecule is CCc1nc(COCC(F)(F)F)nc(CC)c1CC(=O)O. The minimum atomic E-state index is -4.40. The van der Waals surface area contributed by atoms with Gasteiger partial charge >= 0.3 is 12.1 Å². The highest BCUT2D eigenvalue weighted by Gasteiger charge is 2.27. The quantitative estimate of drug-likeness (QED) is 0.837. The van der Waals surface area contributed by atoms with Gasteiger partial charge in [0.1, 0.15) is 13.2 Å². The van der Waals surface area contributed by atoms with E-state index in [4.69, 9.17) is 5.11 Å². The second kappa shape index (κ2) is 7.35. The zero-order valence-corrected chi connectivity index (χ0v) is 11.8. The van der Waals surface area contributed by atoms with Crippen molar-refractivity contribution in [2.45, 2.75) is 45.9 Å². The predicted molar refractivity (Wildman–Crippen MR) is 67.8 cm³/mol. The smallest absolute Gasteiger partial charge is 0.411 e. The van der Waals surface area contributed by atoms with Crippen LogP contribution in [-0.2, 0) is 35.4 Å². The number of aliphatic carboxylic acids is 1. The van der Waals surface area contributed by atoms with Crippen LogP contribution in [-0.4, -0.2) is 33.8 Å². The van der Waals surface area contributed by atoms with Gasteiger partial charge in [0.05, 0.1) is 6.42 Å². The van der Waals surface area contributed by atoms with E-state index >= 15 is 0 Å². The van der Waals surface area contributed by atoms with E-state index < -0.39 is 18.8 Å². The van der Waals surface area contributed by atoms with Gasteiger partial charge in [-0.3, -0.25) is 4.79 Å². The van der Waals surface area contributed by atoms with E-state index in [-0.39, 0.29) is 18.9 Å². The number of carboxylic acid groups (broad SMARTS) is 1. The molecule has 0 aromatic carbocycles. The van der Waals surface area contributed by atoms with Gasteiger partial charge in [0.15, 0.2) is 5.82 Å². The molecule has 0 aliphatic rings. The highest BCUT2D eigenvalue weighted by molar-refractivity contribution is 5.71. The summed E-state index contributed by atoms with van der Waals surface area (Å²) in [6.45, 7) is 1.88. The van der Waals surface area contributed by atoms with E-state index in [0.29, 0.717) is 29.8 Å². The van der Waals surface area contributed by atoms with E-state index in [9.17, 15) is 18.0 Å². The number of carbonyl (C=O) groups is 1. The van der Waals surface area contributed by atoms with E-state index in [1.165, 1.54) is 0 Å². The molecule has 0 amide bonds. The number of hydrogen-bond acceptors (Lipinski definition) is 4. The van der Waals surface area contributed by atoms with E-state index in [1.807, 2.05) is 0 Å². The van der Waals surface area contributed by atoms with Crippen LogP contribution in [0.4, 0.5) is 13.2 Å². The lowest BCUT2D eigenvalue weighted by Crippen LogP contribution is -2.18. The Morgan fingerprint density at radius 1 is 1.19 bits per heavy atom. The minimum Gasteiger partial charge on any atom is -0.481 e. The third kappa shape index (κ3) is 5.66. The zero-order valence-electron chi connectivity index (χ0n) is 11.8. The Balaban J connectivity index is 2.95. The molecule has 5 nitrogen and oxygen atoms in total. The summed E-state index contributed by atoms with van der Waals surface area (Å²) < 4.78 is 40.6. The zero-order chi connectivity index (χ0) is 16.0. The fraction of sp³-hybridized carbons (Fsp3) is 0.615. The van der Waals surface area contributed by atoms with Crippen molar-refractivity contribution in [2.75, 3.05) is 6.61 Å². The molecule has 0 fully saturated rings. The Kier molecular flexibility index (Phi) is 6.07. The van der Waals surface area contributed by atoms with E-state index in [1.54, 1.807) is 13.8 Å². The summed E-state index contributed by atoms with van der Waals surface area (Å²) in [5.74, 6) is -0.855. The molecule has 1 aromatic rings. The first-order valence-electron chi connectivity index (χ1n) is 6.50. The number of hydrogen-bond donors (Lipinski definition) is 1. The molecule has 21 heavy (non-hydrogen) atoms. The summed E-state index contributed by atoms with van der Waals surface area (Å²) >= 11 is 0. The predicted octanol–water partition coefficient (Wildman–Crippen LogP) is 2.31. The molecule has 0 aliphatic carbocycles. The standard InChI is InChI=1S/C13H17F3N2O3/c1-3-9-8(5-12(19)20)10(4-2)18-11(17-9)6-21-7-13(14,15)16/h3-7H2,1-2H3,(H,19,20).